The Kier molecular flexibility index (Phi) is 5.84. The van der Waals surface area contributed by atoms with Crippen molar-refractivity contribution in [2.24, 2.45) is 0 Å². The number of benzene rings is 3. The van der Waals surface area contributed by atoms with E-state index < -0.39 is 24.0 Å². The summed E-state index contributed by atoms with van der Waals surface area (Å²) >= 11 is 0. The lowest BCUT2D eigenvalue weighted by Crippen LogP contribution is -2.24. The number of carbonyl (C=O) groups excluding carboxylic acids is 1. The van der Waals surface area contributed by atoms with Gasteiger partial charge in [0, 0.05) is 22.9 Å². The maximum Gasteiger partial charge on any atom is 0.387 e. The number of halogens is 3. The number of aromatic nitrogens is 1. The maximum atomic E-state index is 13.8. The van der Waals surface area contributed by atoms with E-state index in [0.29, 0.717) is 16.4 Å². The lowest BCUT2D eigenvalue weighted by atomic mass is 10.0. The van der Waals surface area contributed by atoms with Gasteiger partial charge in [0.05, 0.1) is 16.6 Å². The Hall–Kier alpha value is -3.81. The second-order valence-corrected chi connectivity index (χ2v) is 8.29. The van der Waals surface area contributed by atoms with Gasteiger partial charge >= 0.3 is 12.6 Å². The third-order valence-electron chi connectivity index (χ3n) is 4.58. The summed E-state index contributed by atoms with van der Waals surface area (Å²) in [6, 6.07) is 15.1. The number of alkyl halides is 2. The summed E-state index contributed by atoms with van der Waals surface area (Å²) in [5.74, 6) is -1.86. The zero-order valence-electron chi connectivity index (χ0n) is 18.1. The van der Waals surface area contributed by atoms with Crippen LogP contribution in [0.4, 0.5) is 13.2 Å². The van der Waals surface area contributed by atoms with Crippen molar-refractivity contribution in [3.63, 3.8) is 0 Å². The average molecular weight is 455 g/mol. The molecular formula is C25H20F3NO4. The first-order chi connectivity index (χ1) is 15.6. The highest BCUT2D eigenvalue weighted by Gasteiger charge is 2.22. The molecule has 0 radical (unpaired) electrons. The third-order valence-corrected chi connectivity index (χ3v) is 4.58. The molecule has 33 heavy (non-hydrogen) atoms. The number of hydrogen-bond acceptors (Lipinski definition) is 5. The molecule has 0 atom stereocenters. The van der Waals surface area contributed by atoms with Gasteiger partial charge in [0.25, 0.3) is 0 Å². The molecule has 0 saturated heterocycles. The minimum Gasteiger partial charge on any atom is -0.456 e. The number of fused-ring (bicyclic) bond motifs is 2. The van der Waals surface area contributed by atoms with E-state index in [1.165, 1.54) is 12.1 Å². The minimum absolute atomic E-state index is 0.0795. The van der Waals surface area contributed by atoms with Crippen molar-refractivity contribution in [1.29, 1.82) is 0 Å². The molecule has 1 aromatic heterocycles. The Balaban J connectivity index is 1.87. The second kappa shape index (κ2) is 8.61. The van der Waals surface area contributed by atoms with Crippen LogP contribution in [0.2, 0.25) is 0 Å². The number of rotatable bonds is 5. The Morgan fingerprint density at radius 3 is 2.42 bits per heavy atom. The molecule has 8 heteroatoms. The quantitative estimate of drug-likeness (QED) is 0.243. The summed E-state index contributed by atoms with van der Waals surface area (Å²) in [6.07, 6.45) is 0. The smallest absolute Gasteiger partial charge is 0.387 e. The van der Waals surface area contributed by atoms with Gasteiger partial charge in [-0.15, -0.1) is 0 Å². The molecule has 0 aliphatic heterocycles. The summed E-state index contributed by atoms with van der Waals surface area (Å²) in [7, 11) is 0. The van der Waals surface area contributed by atoms with Crippen LogP contribution in [0, 0.1) is 5.82 Å². The standard InChI is InChI=1S/C25H20F3NO4/c1-25(2,3)33-23(30)18-12-16(31-22-11-15(26)8-9-21(22)32-24(27)28)13-20-17(18)10-14-6-4-5-7-19(14)29-20/h4-13,24H,1-3H3. The van der Waals surface area contributed by atoms with Crippen LogP contribution in [0.5, 0.6) is 17.2 Å². The molecular weight excluding hydrogens is 435 g/mol. The van der Waals surface area contributed by atoms with E-state index in [4.69, 9.17) is 9.47 Å². The fourth-order valence-electron chi connectivity index (χ4n) is 3.30. The highest BCUT2D eigenvalue weighted by atomic mass is 19.3. The summed E-state index contributed by atoms with van der Waals surface area (Å²) in [4.78, 5) is 17.6. The molecule has 0 saturated carbocycles. The molecule has 4 aromatic rings. The largest absolute Gasteiger partial charge is 0.456 e. The summed E-state index contributed by atoms with van der Waals surface area (Å²) in [5.41, 5.74) is 0.513. The van der Waals surface area contributed by atoms with E-state index in [2.05, 4.69) is 9.72 Å². The normalized spacial score (nSPS) is 11.7. The van der Waals surface area contributed by atoms with Crippen molar-refractivity contribution in [3.05, 3.63) is 72.0 Å². The Morgan fingerprint density at radius 1 is 0.939 bits per heavy atom. The van der Waals surface area contributed by atoms with E-state index in [1.54, 1.807) is 20.8 Å². The van der Waals surface area contributed by atoms with Gasteiger partial charge < -0.3 is 14.2 Å². The zero-order chi connectivity index (χ0) is 23.8. The van der Waals surface area contributed by atoms with Crippen molar-refractivity contribution in [2.75, 3.05) is 0 Å². The predicted octanol–water partition coefficient (Wildman–Crippen LogP) is 6.88. The number of esters is 1. The van der Waals surface area contributed by atoms with Gasteiger partial charge in [-0.3, -0.25) is 0 Å². The molecule has 0 aliphatic rings. The summed E-state index contributed by atoms with van der Waals surface area (Å²) in [6.45, 7) is 2.09. The van der Waals surface area contributed by atoms with Crippen LogP contribution in [0.25, 0.3) is 21.8 Å². The molecule has 5 nitrogen and oxygen atoms in total. The molecule has 0 spiro atoms. The average Bonchev–Trinajstić information content (AvgIpc) is 2.72. The van der Waals surface area contributed by atoms with Gasteiger partial charge in [-0.05, 0) is 51.1 Å². The van der Waals surface area contributed by atoms with Crippen LogP contribution in [0.1, 0.15) is 31.1 Å². The first-order valence-corrected chi connectivity index (χ1v) is 10.1. The molecule has 0 N–H and O–H groups in total. The van der Waals surface area contributed by atoms with E-state index in [1.807, 2.05) is 30.3 Å². The van der Waals surface area contributed by atoms with Crippen LogP contribution in [-0.4, -0.2) is 23.2 Å². The van der Waals surface area contributed by atoms with Gasteiger partial charge in [0.15, 0.2) is 11.5 Å². The monoisotopic (exact) mass is 455 g/mol. The summed E-state index contributed by atoms with van der Waals surface area (Å²) < 4.78 is 55.0. The van der Waals surface area contributed by atoms with Crippen molar-refractivity contribution in [1.82, 2.24) is 4.98 Å². The van der Waals surface area contributed by atoms with Crippen LogP contribution in [0.15, 0.2) is 60.7 Å². The Bertz CT molecular complexity index is 1350. The maximum absolute atomic E-state index is 13.8. The zero-order valence-corrected chi connectivity index (χ0v) is 18.1. The van der Waals surface area contributed by atoms with Gasteiger partial charge in [-0.2, -0.15) is 8.78 Å². The van der Waals surface area contributed by atoms with Crippen molar-refractivity contribution >= 4 is 27.8 Å². The number of nitrogens with zero attached hydrogens (tertiary/aromatic N) is 1. The number of pyridine rings is 1. The molecule has 3 aromatic carbocycles. The highest BCUT2D eigenvalue weighted by molar-refractivity contribution is 6.07. The second-order valence-electron chi connectivity index (χ2n) is 8.29. The van der Waals surface area contributed by atoms with Gasteiger partial charge in [-0.1, -0.05) is 18.2 Å². The van der Waals surface area contributed by atoms with Crippen LogP contribution < -0.4 is 9.47 Å². The van der Waals surface area contributed by atoms with Crippen LogP contribution in [0.3, 0.4) is 0 Å². The Labute approximate surface area is 187 Å². The van der Waals surface area contributed by atoms with Crippen LogP contribution in [-0.2, 0) is 4.74 Å². The number of ether oxygens (including phenoxy) is 3. The van der Waals surface area contributed by atoms with E-state index >= 15 is 0 Å². The predicted molar refractivity (Wildman–Crippen MR) is 118 cm³/mol. The van der Waals surface area contributed by atoms with Crippen LogP contribution >= 0.6 is 0 Å². The molecule has 0 fully saturated rings. The first-order valence-electron chi connectivity index (χ1n) is 10.1. The topological polar surface area (TPSA) is 57.7 Å². The van der Waals surface area contributed by atoms with Gasteiger partial charge in [-0.25, -0.2) is 14.2 Å². The fourth-order valence-corrected chi connectivity index (χ4v) is 3.30. The number of carbonyl (C=O) groups is 1. The van der Waals surface area contributed by atoms with Gasteiger partial charge in [0.2, 0.25) is 0 Å². The molecule has 0 bridgehead atoms. The number of hydrogen-bond donors (Lipinski definition) is 0. The molecule has 0 aliphatic carbocycles. The Morgan fingerprint density at radius 2 is 1.70 bits per heavy atom. The van der Waals surface area contributed by atoms with Crippen molar-refractivity contribution < 1.29 is 32.2 Å². The SMILES string of the molecule is CC(C)(C)OC(=O)c1cc(Oc2cc(F)ccc2OC(F)F)cc2nc3ccccc3cc12. The molecule has 4 rings (SSSR count). The fraction of sp³-hybridized carbons (Fsp3) is 0.200. The van der Waals surface area contributed by atoms with Crippen molar-refractivity contribution in [3.8, 4) is 17.2 Å². The molecule has 0 unspecified atom stereocenters. The van der Waals surface area contributed by atoms with Crippen molar-refractivity contribution in [2.45, 2.75) is 33.0 Å². The third kappa shape index (κ3) is 5.16. The highest BCUT2D eigenvalue weighted by Crippen LogP contribution is 2.36. The molecule has 170 valence electrons. The van der Waals surface area contributed by atoms with E-state index in [-0.39, 0.29) is 22.8 Å². The lowest BCUT2D eigenvalue weighted by molar-refractivity contribution is -0.0510. The summed E-state index contributed by atoms with van der Waals surface area (Å²) in [5, 5.41) is 1.35. The first kappa shape index (κ1) is 22.4. The van der Waals surface area contributed by atoms with E-state index in [9.17, 15) is 18.0 Å². The lowest BCUT2D eigenvalue weighted by Gasteiger charge is -2.20. The molecule has 1 heterocycles. The number of para-hydroxylation sites is 1. The minimum atomic E-state index is -3.13. The molecule has 0 amide bonds. The van der Waals surface area contributed by atoms with E-state index in [0.717, 1.165) is 23.6 Å². The van der Waals surface area contributed by atoms with Gasteiger partial charge in [0.1, 0.15) is 17.2 Å².